The maximum Gasteiger partial charge on any atom is -0.0299 e. The predicted octanol–water partition coefficient (Wildman–Crippen LogP) is 4.23. The first kappa shape index (κ1) is 11.7. The Balaban J connectivity index is 3.85. The molecule has 0 aromatic heterocycles. The van der Waals surface area contributed by atoms with Crippen molar-refractivity contribution < 1.29 is 0 Å². The Kier molecular flexibility index (Phi) is 5.28. The van der Waals surface area contributed by atoms with Crippen LogP contribution in [0.25, 0.3) is 0 Å². The summed E-state index contributed by atoms with van der Waals surface area (Å²) in [7, 11) is 0. The van der Waals surface area contributed by atoms with Gasteiger partial charge >= 0.3 is 0 Å². The minimum atomic E-state index is 0.448. The second-order valence-electron chi connectivity index (χ2n) is 4.54. The van der Waals surface area contributed by atoms with Gasteiger partial charge in [-0.1, -0.05) is 46.3 Å². The fraction of sp³-hybridized carbons (Fsp3) is 0.750. The zero-order chi connectivity index (χ0) is 9.61. The van der Waals surface area contributed by atoms with Gasteiger partial charge in [0.25, 0.3) is 0 Å². The van der Waals surface area contributed by atoms with Crippen LogP contribution in [0.15, 0.2) is 12.2 Å². The van der Waals surface area contributed by atoms with Crippen LogP contribution in [0.4, 0.5) is 0 Å². The molecule has 71 valence electrons. The van der Waals surface area contributed by atoms with E-state index in [1.807, 2.05) is 0 Å². The van der Waals surface area contributed by atoms with Gasteiger partial charge in [0.05, 0.1) is 0 Å². The Morgan fingerprint density at radius 1 is 1.42 bits per heavy atom. The van der Waals surface area contributed by atoms with Crippen molar-refractivity contribution in [2.45, 2.75) is 47.0 Å². The van der Waals surface area contributed by atoms with E-state index < -0.39 is 0 Å². The highest BCUT2D eigenvalue weighted by Gasteiger charge is 2.18. The summed E-state index contributed by atoms with van der Waals surface area (Å²) in [6.07, 6.45) is 7.92. The molecule has 1 radical (unpaired) electrons. The van der Waals surface area contributed by atoms with E-state index in [1.165, 1.54) is 12.8 Å². The summed E-state index contributed by atoms with van der Waals surface area (Å²) in [5.41, 5.74) is 0.448. The highest BCUT2D eigenvalue weighted by atomic mass is 14.2. The zero-order valence-corrected chi connectivity index (χ0v) is 9.06. The summed E-state index contributed by atoms with van der Waals surface area (Å²) in [5.74, 6) is 0.755. The molecule has 0 spiro atoms. The van der Waals surface area contributed by atoms with Gasteiger partial charge in [-0.15, -0.1) is 0 Å². The number of rotatable bonds is 5. The first-order valence-corrected chi connectivity index (χ1v) is 4.92. The van der Waals surface area contributed by atoms with Gasteiger partial charge in [-0.2, -0.15) is 0 Å². The molecule has 0 aliphatic heterocycles. The summed E-state index contributed by atoms with van der Waals surface area (Å²) in [6.45, 7) is 13.0. The van der Waals surface area contributed by atoms with Gasteiger partial charge in [0.15, 0.2) is 0 Å². The molecule has 0 heteroatoms. The summed E-state index contributed by atoms with van der Waals surface area (Å²) >= 11 is 0. The quantitative estimate of drug-likeness (QED) is 0.537. The molecule has 0 heterocycles. The Morgan fingerprint density at radius 3 is 2.42 bits per heavy atom. The highest BCUT2D eigenvalue weighted by Crippen LogP contribution is 2.30. The number of hydrogen-bond donors (Lipinski definition) is 0. The van der Waals surface area contributed by atoms with Crippen LogP contribution < -0.4 is 0 Å². The molecular weight excluding hydrogens is 144 g/mol. The molecule has 0 nitrogen and oxygen atoms in total. The average molecular weight is 167 g/mol. The van der Waals surface area contributed by atoms with Crippen molar-refractivity contribution in [3.63, 3.8) is 0 Å². The SMILES string of the molecule is [CH2]CC(C)CC(C)(C)CC=CC. The standard InChI is InChI=1S/C12H23/c1-6-8-9-12(4,5)10-11(3)7-2/h6,8,11H,2,7,9-10H2,1,3-5H3. The summed E-state index contributed by atoms with van der Waals surface area (Å²) in [5, 5.41) is 0. The van der Waals surface area contributed by atoms with E-state index in [4.69, 9.17) is 0 Å². The van der Waals surface area contributed by atoms with Gasteiger partial charge in [-0.05, 0) is 31.1 Å². The minimum absolute atomic E-state index is 0.448. The van der Waals surface area contributed by atoms with Gasteiger partial charge in [0.1, 0.15) is 0 Å². The normalized spacial score (nSPS) is 15.4. The summed E-state index contributed by atoms with van der Waals surface area (Å²) < 4.78 is 0. The molecule has 0 fully saturated rings. The lowest BCUT2D eigenvalue weighted by atomic mass is 9.80. The van der Waals surface area contributed by atoms with E-state index in [-0.39, 0.29) is 0 Å². The fourth-order valence-corrected chi connectivity index (χ4v) is 1.57. The zero-order valence-electron chi connectivity index (χ0n) is 9.06. The average Bonchev–Trinajstić information content (AvgIpc) is 2.00. The van der Waals surface area contributed by atoms with Crippen molar-refractivity contribution in [2.75, 3.05) is 0 Å². The van der Waals surface area contributed by atoms with Crippen LogP contribution in [0.3, 0.4) is 0 Å². The van der Waals surface area contributed by atoms with Crippen molar-refractivity contribution in [3.05, 3.63) is 19.1 Å². The van der Waals surface area contributed by atoms with Gasteiger partial charge in [0, 0.05) is 0 Å². The van der Waals surface area contributed by atoms with Crippen molar-refractivity contribution in [1.29, 1.82) is 0 Å². The van der Waals surface area contributed by atoms with E-state index in [0.717, 1.165) is 12.3 Å². The largest absolute Gasteiger partial charge is 0.0916 e. The lowest BCUT2D eigenvalue weighted by Crippen LogP contribution is -2.14. The number of hydrogen-bond acceptors (Lipinski definition) is 0. The molecule has 0 bridgehead atoms. The van der Waals surface area contributed by atoms with Crippen LogP contribution in [0.5, 0.6) is 0 Å². The van der Waals surface area contributed by atoms with Gasteiger partial charge < -0.3 is 0 Å². The molecule has 0 N–H and O–H groups in total. The Morgan fingerprint density at radius 2 is 2.00 bits per heavy atom. The molecule has 0 amide bonds. The first-order chi connectivity index (χ1) is 5.52. The van der Waals surface area contributed by atoms with Gasteiger partial charge in [0.2, 0.25) is 0 Å². The molecule has 1 atom stereocenters. The van der Waals surface area contributed by atoms with Gasteiger partial charge in [-0.25, -0.2) is 0 Å². The molecule has 0 saturated carbocycles. The lowest BCUT2D eigenvalue weighted by Gasteiger charge is -2.26. The van der Waals surface area contributed by atoms with E-state index >= 15 is 0 Å². The van der Waals surface area contributed by atoms with Crippen molar-refractivity contribution in [1.82, 2.24) is 0 Å². The molecule has 0 aliphatic rings. The van der Waals surface area contributed by atoms with Crippen LogP contribution in [0.1, 0.15) is 47.0 Å². The van der Waals surface area contributed by atoms with Crippen LogP contribution in [-0.2, 0) is 0 Å². The minimum Gasteiger partial charge on any atom is -0.0916 e. The Bertz CT molecular complexity index is 131. The van der Waals surface area contributed by atoms with Crippen LogP contribution in [-0.4, -0.2) is 0 Å². The molecular formula is C12H23. The third-order valence-electron chi connectivity index (χ3n) is 2.30. The summed E-state index contributed by atoms with van der Waals surface area (Å²) in [6, 6.07) is 0. The third-order valence-corrected chi connectivity index (χ3v) is 2.30. The maximum atomic E-state index is 3.93. The molecule has 12 heavy (non-hydrogen) atoms. The smallest absolute Gasteiger partial charge is 0.0299 e. The molecule has 0 saturated heterocycles. The Labute approximate surface area is 78.1 Å². The maximum absolute atomic E-state index is 3.93. The number of allylic oxidation sites excluding steroid dienone is 2. The van der Waals surface area contributed by atoms with E-state index in [0.29, 0.717) is 5.41 Å². The predicted molar refractivity (Wildman–Crippen MR) is 57.0 cm³/mol. The molecule has 0 aromatic rings. The molecule has 0 rings (SSSR count). The van der Waals surface area contributed by atoms with Crippen LogP contribution in [0.2, 0.25) is 0 Å². The van der Waals surface area contributed by atoms with E-state index in [1.54, 1.807) is 0 Å². The first-order valence-electron chi connectivity index (χ1n) is 4.92. The third kappa shape index (κ3) is 5.40. The van der Waals surface area contributed by atoms with Crippen LogP contribution in [0, 0.1) is 18.3 Å². The summed E-state index contributed by atoms with van der Waals surface area (Å²) in [4.78, 5) is 0. The highest BCUT2D eigenvalue weighted by molar-refractivity contribution is 4.85. The molecule has 0 aromatic carbocycles. The van der Waals surface area contributed by atoms with Crippen molar-refractivity contribution >= 4 is 0 Å². The topological polar surface area (TPSA) is 0 Å². The fourth-order valence-electron chi connectivity index (χ4n) is 1.57. The van der Waals surface area contributed by atoms with E-state index in [2.05, 4.69) is 46.8 Å². The second-order valence-corrected chi connectivity index (χ2v) is 4.54. The Hall–Kier alpha value is -0.260. The molecule has 0 aliphatic carbocycles. The van der Waals surface area contributed by atoms with Crippen LogP contribution >= 0.6 is 0 Å². The monoisotopic (exact) mass is 167 g/mol. The van der Waals surface area contributed by atoms with Crippen molar-refractivity contribution in [2.24, 2.45) is 11.3 Å². The molecule has 1 unspecified atom stereocenters. The second kappa shape index (κ2) is 5.40. The van der Waals surface area contributed by atoms with Gasteiger partial charge in [-0.3, -0.25) is 0 Å². The van der Waals surface area contributed by atoms with E-state index in [9.17, 15) is 0 Å². The van der Waals surface area contributed by atoms with Crippen molar-refractivity contribution in [3.8, 4) is 0 Å². The lowest BCUT2D eigenvalue weighted by molar-refractivity contribution is 0.280.